The van der Waals surface area contributed by atoms with Crippen LogP contribution in [0, 0.1) is 6.92 Å². The van der Waals surface area contributed by atoms with E-state index < -0.39 is 27.0 Å². The predicted molar refractivity (Wildman–Crippen MR) is 106 cm³/mol. The van der Waals surface area contributed by atoms with Gasteiger partial charge in [-0.3, -0.25) is 4.90 Å². The minimum absolute atomic E-state index is 0.00491. The van der Waals surface area contributed by atoms with Crippen LogP contribution in [-0.2, 0) is 10.1 Å². The smallest absolute Gasteiger partial charge is 0.374 e. The van der Waals surface area contributed by atoms with Crippen molar-refractivity contribution >= 4 is 43.7 Å². The zero-order valence-electron chi connectivity index (χ0n) is 15.3. The maximum Gasteiger partial charge on any atom is 0.534 e. The summed E-state index contributed by atoms with van der Waals surface area (Å²) in [7, 11) is -5.90. The zero-order chi connectivity index (χ0) is 21.6. The first-order chi connectivity index (χ1) is 13.4. The number of alkyl halides is 3. The molecular formula is C16H19BrF3N5O3S. The van der Waals surface area contributed by atoms with E-state index in [-0.39, 0.29) is 17.6 Å². The van der Waals surface area contributed by atoms with Crippen LogP contribution in [0.25, 0.3) is 0 Å². The molecule has 160 valence electrons. The van der Waals surface area contributed by atoms with Gasteiger partial charge in [0, 0.05) is 4.47 Å². The average molecular weight is 498 g/mol. The number of rotatable bonds is 3. The fourth-order valence-electron chi connectivity index (χ4n) is 3.52. The van der Waals surface area contributed by atoms with Gasteiger partial charge < -0.3 is 15.7 Å². The molecule has 13 heteroatoms. The Balaban J connectivity index is 2.19. The summed E-state index contributed by atoms with van der Waals surface area (Å²) >= 11 is 3.32. The van der Waals surface area contributed by atoms with E-state index in [1.54, 1.807) is 6.92 Å². The molecule has 3 rings (SSSR count). The SMILES string of the molecule is Cc1cc(OS(=O)(=O)C(F)(F)F)c(N2C(N)=NC(N)=NC23CCCCC3)cc1Br. The molecule has 1 aromatic rings. The summed E-state index contributed by atoms with van der Waals surface area (Å²) in [5.41, 5.74) is 5.77. The molecule has 29 heavy (non-hydrogen) atoms. The summed E-state index contributed by atoms with van der Waals surface area (Å²) in [6.07, 6.45) is 3.54. The van der Waals surface area contributed by atoms with E-state index in [1.807, 2.05) is 0 Å². The molecule has 0 amide bonds. The van der Waals surface area contributed by atoms with E-state index in [2.05, 4.69) is 30.1 Å². The molecule has 1 saturated carbocycles. The predicted octanol–water partition coefficient (Wildman–Crippen LogP) is 3.10. The highest BCUT2D eigenvalue weighted by Gasteiger charge is 2.50. The fourth-order valence-corrected chi connectivity index (χ4v) is 4.32. The van der Waals surface area contributed by atoms with E-state index in [4.69, 9.17) is 11.5 Å². The molecule has 0 unspecified atom stereocenters. The molecule has 2 aliphatic rings. The number of halogens is 4. The number of benzene rings is 1. The number of anilines is 1. The van der Waals surface area contributed by atoms with Crippen LogP contribution in [0.15, 0.2) is 26.6 Å². The highest BCUT2D eigenvalue weighted by Crippen LogP contribution is 2.45. The number of nitrogens with two attached hydrogens (primary N) is 2. The van der Waals surface area contributed by atoms with Gasteiger partial charge in [0.25, 0.3) is 0 Å². The van der Waals surface area contributed by atoms with Crippen molar-refractivity contribution in [3.63, 3.8) is 0 Å². The van der Waals surface area contributed by atoms with Gasteiger partial charge in [0.05, 0.1) is 5.69 Å². The van der Waals surface area contributed by atoms with Crippen molar-refractivity contribution in [3.05, 3.63) is 22.2 Å². The lowest BCUT2D eigenvalue weighted by Gasteiger charge is -2.45. The van der Waals surface area contributed by atoms with E-state index in [1.165, 1.54) is 17.0 Å². The van der Waals surface area contributed by atoms with Gasteiger partial charge in [-0.1, -0.05) is 22.4 Å². The van der Waals surface area contributed by atoms with Crippen LogP contribution in [-0.4, -0.2) is 31.5 Å². The van der Waals surface area contributed by atoms with Crippen LogP contribution in [0.2, 0.25) is 0 Å². The van der Waals surface area contributed by atoms with E-state index in [0.29, 0.717) is 22.9 Å². The van der Waals surface area contributed by atoms with Crippen LogP contribution < -0.4 is 20.6 Å². The van der Waals surface area contributed by atoms with Crippen molar-refractivity contribution in [3.8, 4) is 5.75 Å². The van der Waals surface area contributed by atoms with Crippen molar-refractivity contribution in [2.24, 2.45) is 21.5 Å². The van der Waals surface area contributed by atoms with Crippen LogP contribution in [0.5, 0.6) is 5.75 Å². The standard InChI is InChI=1S/C16H19BrF3N5O3S/c1-9-7-12(28-29(26,27)16(18,19)20)11(8-10(9)17)25-14(22)23-13(21)24-15(25)5-3-2-4-6-15/h7-8H,2-6H2,1H3,(H4,21,22,23,24). The van der Waals surface area contributed by atoms with Gasteiger partial charge in [0.15, 0.2) is 5.75 Å². The largest absolute Gasteiger partial charge is 0.534 e. The second kappa shape index (κ2) is 7.35. The summed E-state index contributed by atoms with van der Waals surface area (Å²) in [5, 5.41) is 0. The molecule has 1 spiro atoms. The average Bonchev–Trinajstić information content (AvgIpc) is 2.57. The molecule has 0 atom stereocenters. The molecule has 0 radical (unpaired) electrons. The molecule has 0 bridgehead atoms. The highest BCUT2D eigenvalue weighted by molar-refractivity contribution is 9.10. The van der Waals surface area contributed by atoms with Gasteiger partial charge in [-0.15, -0.1) is 0 Å². The van der Waals surface area contributed by atoms with Crippen molar-refractivity contribution in [2.75, 3.05) is 4.90 Å². The number of hydrogen-bond acceptors (Lipinski definition) is 8. The molecule has 1 heterocycles. The maximum absolute atomic E-state index is 12.9. The topological polar surface area (TPSA) is 123 Å². The van der Waals surface area contributed by atoms with Crippen LogP contribution in [0.1, 0.15) is 37.7 Å². The molecule has 0 aromatic heterocycles. The van der Waals surface area contributed by atoms with Crippen molar-refractivity contribution < 1.29 is 25.8 Å². The molecule has 4 N–H and O–H groups in total. The van der Waals surface area contributed by atoms with Crippen LogP contribution >= 0.6 is 15.9 Å². The first-order valence-electron chi connectivity index (χ1n) is 8.67. The van der Waals surface area contributed by atoms with Gasteiger partial charge in [-0.25, -0.2) is 4.99 Å². The maximum atomic E-state index is 12.9. The number of guanidine groups is 2. The second-order valence-corrected chi connectivity index (χ2v) is 9.26. The number of aliphatic imine (C=N–C) groups is 2. The Morgan fingerprint density at radius 1 is 1.21 bits per heavy atom. The summed E-state index contributed by atoms with van der Waals surface area (Å²) in [6, 6.07) is 2.63. The monoisotopic (exact) mass is 497 g/mol. The lowest BCUT2D eigenvalue weighted by atomic mass is 9.87. The van der Waals surface area contributed by atoms with Crippen molar-refractivity contribution in [1.82, 2.24) is 0 Å². The Morgan fingerprint density at radius 3 is 2.41 bits per heavy atom. The third-order valence-corrected chi connectivity index (χ3v) is 6.64. The number of nitrogens with zero attached hydrogens (tertiary/aromatic N) is 3. The van der Waals surface area contributed by atoms with Crippen LogP contribution in [0.3, 0.4) is 0 Å². The Labute approximate surface area is 174 Å². The molecule has 1 aliphatic heterocycles. The van der Waals surface area contributed by atoms with Gasteiger partial charge in [-0.2, -0.15) is 26.6 Å². The van der Waals surface area contributed by atoms with Gasteiger partial charge in [-0.05, 0) is 50.3 Å². The molecule has 1 aromatic carbocycles. The first-order valence-corrected chi connectivity index (χ1v) is 10.9. The summed E-state index contributed by atoms with van der Waals surface area (Å²) in [6.45, 7) is 1.58. The first kappa shape index (κ1) is 21.7. The molecule has 0 saturated heterocycles. The van der Waals surface area contributed by atoms with E-state index >= 15 is 0 Å². The van der Waals surface area contributed by atoms with Gasteiger partial charge >= 0.3 is 15.6 Å². The van der Waals surface area contributed by atoms with E-state index in [9.17, 15) is 21.6 Å². The Hall–Kier alpha value is -2.02. The number of hydrogen-bond donors (Lipinski definition) is 2. The fraction of sp³-hybridized carbons (Fsp3) is 0.500. The van der Waals surface area contributed by atoms with Crippen LogP contribution in [0.4, 0.5) is 18.9 Å². The van der Waals surface area contributed by atoms with Gasteiger partial charge in [0.1, 0.15) is 5.66 Å². The Bertz CT molecular complexity index is 988. The Kier molecular flexibility index (Phi) is 5.49. The minimum Gasteiger partial charge on any atom is -0.374 e. The highest BCUT2D eigenvalue weighted by atomic mass is 79.9. The third kappa shape index (κ3) is 4.02. The second-order valence-electron chi connectivity index (χ2n) is 6.87. The molecule has 8 nitrogen and oxygen atoms in total. The summed E-state index contributed by atoms with van der Waals surface area (Å²) in [4.78, 5) is 9.77. The lowest BCUT2D eigenvalue weighted by Crippen LogP contribution is -2.58. The molecule has 1 fully saturated rings. The zero-order valence-corrected chi connectivity index (χ0v) is 17.7. The third-order valence-electron chi connectivity index (χ3n) is 4.82. The summed E-state index contributed by atoms with van der Waals surface area (Å²) < 4.78 is 67.1. The Morgan fingerprint density at radius 2 is 1.83 bits per heavy atom. The van der Waals surface area contributed by atoms with E-state index in [0.717, 1.165) is 19.3 Å². The normalized spacial score (nSPS) is 19.7. The molecular weight excluding hydrogens is 479 g/mol. The van der Waals surface area contributed by atoms with Gasteiger partial charge in [0.2, 0.25) is 11.9 Å². The van der Waals surface area contributed by atoms with Crippen molar-refractivity contribution in [2.45, 2.75) is 50.2 Å². The summed E-state index contributed by atoms with van der Waals surface area (Å²) in [5.74, 6) is -0.677. The minimum atomic E-state index is -5.90. The molecule has 1 aliphatic carbocycles. The quantitative estimate of drug-likeness (QED) is 0.488. The lowest BCUT2D eigenvalue weighted by molar-refractivity contribution is -0.0499. The van der Waals surface area contributed by atoms with Crippen molar-refractivity contribution in [1.29, 1.82) is 0 Å². The number of aryl methyl sites for hydroxylation is 1.